The van der Waals surface area contributed by atoms with Gasteiger partial charge in [-0.25, -0.2) is 0 Å². The van der Waals surface area contributed by atoms with Crippen LogP contribution in [0.5, 0.6) is 0 Å². The van der Waals surface area contributed by atoms with Gasteiger partial charge in [-0.05, 0) is 17.7 Å². The Balaban J connectivity index is 2.51. The van der Waals surface area contributed by atoms with Gasteiger partial charge in [-0.2, -0.15) is 0 Å². The molecule has 11 heavy (non-hydrogen) atoms. The molecule has 1 aromatic carbocycles. The Morgan fingerprint density at radius 1 is 1.09 bits per heavy atom. The number of benzene rings is 1. The van der Waals surface area contributed by atoms with E-state index in [0.717, 1.165) is 11.3 Å². The number of hydrogen-bond donors (Lipinski definition) is 1. The third-order valence-electron chi connectivity index (χ3n) is 1.60. The van der Waals surface area contributed by atoms with Gasteiger partial charge in [0.05, 0.1) is 1.37 Å². The van der Waals surface area contributed by atoms with Gasteiger partial charge in [-0.15, -0.1) is 0 Å². The Morgan fingerprint density at radius 2 is 1.91 bits per heavy atom. The molecule has 0 radical (unpaired) electrons. The van der Waals surface area contributed by atoms with Crippen molar-refractivity contribution in [1.29, 1.82) is 0 Å². The van der Waals surface area contributed by atoms with E-state index in [9.17, 15) is 0 Å². The summed E-state index contributed by atoms with van der Waals surface area (Å²) in [7, 11) is 0. The van der Waals surface area contributed by atoms with Crippen molar-refractivity contribution in [2.24, 2.45) is 0 Å². The lowest BCUT2D eigenvalue weighted by atomic mass is 10.2. The SMILES string of the molecule is [2H]c1cc[nH]c1-c1ccccc1. The van der Waals surface area contributed by atoms with Crippen LogP contribution in [0.1, 0.15) is 1.37 Å². The minimum Gasteiger partial charge on any atom is -0.361 e. The van der Waals surface area contributed by atoms with Gasteiger partial charge in [-0.1, -0.05) is 30.3 Å². The average molecular weight is 144 g/mol. The Morgan fingerprint density at radius 3 is 2.55 bits per heavy atom. The summed E-state index contributed by atoms with van der Waals surface area (Å²) in [5.74, 6) is 0. The summed E-state index contributed by atoms with van der Waals surface area (Å²) < 4.78 is 7.56. The highest BCUT2D eigenvalue weighted by atomic mass is 14.7. The predicted molar refractivity (Wildman–Crippen MR) is 46.2 cm³/mol. The first-order chi connectivity index (χ1) is 5.88. The number of nitrogens with one attached hydrogen (secondary N) is 1. The maximum atomic E-state index is 7.56. The minimum atomic E-state index is 0.543. The Bertz CT molecular complexity index is 364. The fourth-order valence-corrected chi connectivity index (χ4v) is 1.06. The van der Waals surface area contributed by atoms with Gasteiger partial charge in [-0.3, -0.25) is 0 Å². The summed E-state index contributed by atoms with van der Waals surface area (Å²) in [4.78, 5) is 3.03. The smallest absolute Gasteiger partial charge is 0.0645 e. The molecular weight excluding hydrogens is 134 g/mol. The monoisotopic (exact) mass is 144 g/mol. The molecule has 0 bridgehead atoms. The molecule has 0 aliphatic carbocycles. The largest absolute Gasteiger partial charge is 0.361 e. The van der Waals surface area contributed by atoms with Crippen molar-refractivity contribution in [1.82, 2.24) is 4.98 Å². The van der Waals surface area contributed by atoms with Crippen LogP contribution in [0, 0.1) is 0 Å². The highest BCUT2D eigenvalue weighted by Gasteiger charge is 1.92. The number of hydrogen-bond acceptors (Lipinski definition) is 0. The predicted octanol–water partition coefficient (Wildman–Crippen LogP) is 2.68. The molecule has 1 N–H and O–H groups in total. The first-order valence-corrected chi connectivity index (χ1v) is 3.57. The zero-order valence-corrected chi connectivity index (χ0v) is 6.04. The Hall–Kier alpha value is -1.50. The summed E-state index contributed by atoms with van der Waals surface area (Å²) >= 11 is 0. The molecule has 54 valence electrons. The molecule has 1 nitrogen and oxygen atoms in total. The molecule has 0 spiro atoms. The van der Waals surface area contributed by atoms with E-state index in [1.165, 1.54) is 0 Å². The lowest BCUT2D eigenvalue weighted by molar-refractivity contribution is 1.40. The first-order valence-electron chi connectivity index (χ1n) is 4.07. The van der Waals surface area contributed by atoms with Crippen molar-refractivity contribution in [2.45, 2.75) is 0 Å². The summed E-state index contributed by atoms with van der Waals surface area (Å²) in [6.07, 6.45) is 1.78. The van der Waals surface area contributed by atoms with E-state index < -0.39 is 0 Å². The van der Waals surface area contributed by atoms with Crippen molar-refractivity contribution in [3.63, 3.8) is 0 Å². The maximum absolute atomic E-state index is 7.56. The highest BCUT2D eigenvalue weighted by molar-refractivity contribution is 5.58. The van der Waals surface area contributed by atoms with E-state index in [1.807, 2.05) is 30.3 Å². The summed E-state index contributed by atoms with van der Waals surface area (Å²) in [6, 6.07) is 12.2. The summed E-state index contributed by atoms with van der Waals surface area (Å²) in [5, 5.41) is 0. The summed E-state index contributed by atoms with van der Waals surface area (Å²) in [6.45, 7) is 0. The number of aromatic amines is 1. The van der Waals surface area contributed by atoms with E-state index in [2.05, 4.69) is 4.98 Å². The summed E-state index contributed by atoms with van der Waals surface area (Å²) in [5.41, 5.74) is 1.95. The highest BCUT2D eigenvalue weighted by Crippen LogP contribution is 2.14. The lowest BCUT2D eigenvalue weighted by Crippen LogP contribution is -1.73. The molecule has 0 saturated carbocycles. The van der Waals surface area contributed by atoms with Crippen molar-refractivity contribution in [2.75, 3.05) is 0 Å². The van der Waals surface area contributed by atoms with E-state index in [-0.39, 0.29) is 0 Å². The maximum Gasteiger partial charge on any atom is 0.0645 e. The van der Waals surface area contributed by atoms with Crippen LogP contribution in [0.15, 0.2) is 48.6 Å². The third-order valence-corrected chi connectivity index (χ3v) is 1.60. The lowest BCUT2D eigenvalue weighted by Gasteiger charge is -1.94. The van der Waals surface area contributed by atoms with E-state index in [1.54, 1.807) is 12.3 Å². The first kappa shape index (κ1) is 5.19. The van der Waals surface area contributed by atoms with Crippen LogP contribution in [-0.4, -0.2) is 4.98 Å². The molecule has 0 aliphatic heterocycles. The molecule has 0 saturated heterocycles. The molecule has 1 heterocycles. The van der Waals surface area contributed by atoms with Crippen molar-refractivity contribution in [3.05, 3.63) is 48.6 Å². The molecular formula is C10H9N. The van der Waals surface area contributed by atoms with Crippen LogP contribution in [0.4, 0.5) is 0 Å². The normalized spacial score (nSPS) is 11.1. The van der Waals surface area contributed by atoms with Gasteiger partial charge < -0.3 is 4.98 Å². The van der Waals surface area contributed by atoms with Crippen LogP contribution in [0.3, 0.4) is 0 Å². The van der Waals surface area contributed by atoms with E-state index in [0.29, 0.717) is 6.04 Å². The topological polar surface area (TPSA) is 15.8 Å². The van der Waals surface area contributed by atoms with Crippen LogP contribution < -0.4 is 0 Å². The van der Waals surface area contributed by atoms with Gasteiger partial charge in [0, 0.05) is 11.9 Å². The zero-order valence-electron chi connectivity index (χ0n) is 7.04. The van der Waals surface area contributed by atoms with E-state index in [4.69, 9.17) is 1.37 Å². The molecule has 0 aliphatic rings. The standard InChI is InChI=1S/C10H9N/c1-2-5-9(6-3-1)10-7-4-8-11-10/h1-8,11H/i7D. The quantitative estimate of drug-likeness (QED) is 0.633. The molecule has 0 fully saturated rings. The van der Waals surface area contributed by atoms with Crippen LogP contribution in [-0.2, 0) is 0 Å². The molecule has 0 unspecified atom stereocenters. The van der Waals surface area contributed by atoms with Crippen molar-refractivity contribution in [3.8, 4) is 11.3 Å². The van der Waals surface area contributed by atoms with Crippen molar-refractivity contribution >= 4 is 0 Å². The average Bonchev–Trinajstić information content (AvgIpc) is 2.53. The molecule has 1 aromatic heterocycles. The number of aromatic nitrogens is 1. The van der Waals surface area contributed by atoms with Gasteiger partial charge in [0.2, 0.25) is 0 Å². The fraction of sp³-hybridized carbons (Fsp3) is 0. The number of rotatable bonds is 1. The zero-order chi connectivity index (χ0) is 8.39. The van der Waals surface area contributed by atoms with E-state index >= 15 is 0 Å². The number of H-pyrrole nitrogens is 1. The second kappa shape index (κ2) is 2.62. The third kappa shape index (κ3) is 1.17. The van der Waals surface area contributed by atoms with Crippen LogP contribution in [0.2, 0.25) is 0 Å². The molecule has 1 heteroatoms. The minimum absolute atomic E-state index is 0.543. The van der Waals surface area contributed by atoms with Gasteiger partial charge in [0.25, 0.3) is 0 Å². The molecule has 2 aromatic rings. The van der Waals surface area contributed by atoms with Gasteiger partial charge >= 0.3 is 0 Å². The Labute approximate surface area is 67.1 Å². The van der Waals surface area contributed by atoms with Gasteiger partial charge in [0.1, 0.15) is 0 Å². The van der Waals surface area contributed by atoms with Gasteiger partial charge in [0.15, 0.2) is 0 Å². The second-order valence-electron chi connectivity index (χ2n) is 2.36. The van der Waals surface area contributed by atoms with Crippen molar-refractivity contribution < 1.29 is 1.37 Å². The fourth-order valence-electron chi connectivity index (χ4n) is 1.06. The Kier molecular flexibility index (Phi) is 1.24. The van der Waals surface area contributed by atoms with Crippen LogP contribution >= 0.6 is 0 Å². The molecule has 0 amide bonds. The molecule has 2 rings (SSSR count). The second-order valence-corrected chi connectivity index (χ2v) is 2.36. The molecule has 0 atom stereocenters. The van der Waals surface area contributed by atoms with Crippen LogP contribution in [0.25, 0.3) is 11.3 Å².